The molecule has 2 fully saturated rings. The lowest BCUT2D eigenvalue weighted by molar-refractivity contribution is -0.122. The lowest BCUT2D eigenvalue weighted by atomic mass is 9.96. The zero-order valence-corrected chi connectivity index (χ0v) is 20.8. The van der Waals surface area contributed by atoms with Crippen LogP contribution in [0.15, 0.2) is 42.6 Å². The number of carbonyl (C=O) groups is 2. The van der Waals surface area contributed by atoms with Crippen molar-refractivity contribution in [3.05, 3.63) is 53.7 Å². The number of fused-ring (bicyclic) bond motifs is 1. The number of amides is 2. The quantitative estimate of drug-likeness (QED) is 0.557. The van der Waals surface area contributed by atoms with E-state index in [2.05, 4.69) is 57.8 Å². The predicted octanol–water partition coefficient (Wildman–Crippen LogP) is 4.38. The summed E-state index contributed by atoms with van der Waals surface area (Å²) in [5.41, 5.74) is 3.83. The van der Waals surface area contributed by atoms with Crippen LogP contribution >= 0.6 is 0 Å². The van der Waals surface area contributed by atoms with E-state index in [1.807, 2.05) is 32.0 Å². The third-order valence-electron chi connectivity index (χ3n) is 7.01. The number of aryl methyl sites for hydroxylation is 1. The van der Waals surface area contributed by atoms with Crippen LogP contribution in [0.4, 0.5) is 5.82 Å². The minimum absolute atomic E-state index is 0.0172. The molecule has 2 N–H and O–H groups in total. The van der Waals surface area contributed by atoms with Crippen LogP contribution in [0.3, 0.4) is 0 Å². The van der Waals surface area contributed by atoms with Crippen LogP contribution in [0.2, 0.25) is 0 Å². The number of hydrogen-bond acceptors (Lipinski definition) is 5. The Kier molecular flexibility index (Phi) is 6.17. The van der Waals surface area contributed by atoms with Crippen molar-refractivity contribution in [1.29, 1.82) is 0 Å². The Morgan fingerprint density at radius 1 is 1.06 bits per heavy atom. The Morgan fingerprint density at radius 2 is 1.86 bits per heavy atom. The fourth-order valence-corrected chi connectivity index (χ4v) is 4.98. The van der Waals surface area contributed by atoms with Crippen molar-refractivity contribution in [2.24, 2.45) is 0 Å². The summed E-state index contributed by atoms with van der Waals surface area (Å²) in [5, 5.41) is 16.8. The molecule has 0 spiro atoms. The first-order valence-corrected chi connectivity index (χ1v) is 12.6. The Morgan fingerprint density at radius 3 is 2.60 bits per heavy atom. The van der Waals surface area contributed by atoms with E-state index >= 15 is 0 Å². The Bertz CT molecular complexity index is 1280. The van der Waals surface area contributed by atoms with E-state index < -0.39 is 0 Å². The molecule has 0 unspecified atom stereocenters. The molecule has 0 bridgehead atoms. The summed E-state index contributed by atoms with van der Waals surface area (Å²) in [6.45, 7) is 8.15. The number of carbonyl (C=O) groups excluding carboxylic acids is 2. The van der Waals surface area contributed by atoms with Crippen LogP contribution < -0.4 is 15.5 Å². The smallest absolute Gasteiger partial charge is 0.251 e. The van der Waals surface area contributed by atoms with Crippen LogP contribution in [0.25, 0.3) is 21.9 Å². The largest absolute Gasteiger partial charge is 0.352 e. The van der Waals surface area contributed by atoms with Crippen LogP contribution in [0, 0.1) is 6.92 Å². The second kappa shape index (κ2) is 9.29. The van der Waals surface area contributed by atoms with Crippen molar-refractivity contribution >= 4 is 28.4 Å². The molecule has 7 nitrogen and oxygen atoms in total. The summed E-state index contributed by atoms with van der Waals surface area (Å²) in [7, 11) is 0. The number of benzene rings is 2. The van der Waals surface area contributed by atoms with Gasteiger partial charge in [-0.25, -0.2) is 0 Å². The lowest BCUT2D eigenvalue weighted by Crippen LogP contribution is -2.47. The molecular weight excluding hydrogens is 438 g/mol. The van der Waals surface area contributed by atoms with Gasteiger partial charge in [0.15, 0.2) is 5.82 Å². The molecule has 2 atom stereocenters. The summed E-state index contributed by atoms with van der Waals surface area (Å²) < 4.78 is 0. The number of nitrogens with one attached hydrogen (secondary N) is 2. The summed E-state index contributed by atoms with van der Waals surface area (Å²) in [5.74, 6) is 0.769. The van der Waals surface area contributed by atoms with Gasteiger partial charge in [0.05, 0.1) is 6.20 Å². The Hall–Kier alpha value is -3.48. The van der Waals surface area contributed by atoms with Crippen molar-refractivity contribution in [1.82, 2.24) is 20.8 Å². The molecule has 35 heavy (non-hydrogen) atoms. The molecule has 1 saturated carbocycles. The average Bonchev–Trinajstić information content (AvgIpc) is 3.56. The van der Waals surface area contributed by atoms with Gasteiger partial charge in [-0.1, -0.05) is 12.1 Å². The van der Waals surface area contributed by atoms with Crippen molar-refractivity contribution in [2.75, 3.05) is 4.90 Å². The van der Waals surface area contributed by atoms with Crippen LogP contribution in [0.1, 0.15) is 62.4 Å². The molecular formula is C28H33N5O2. The highest BCUT2D eigenvalue weighted by Gasteiger charge is 2.37. The maximum absolute atomic E-state index is 12.9. The molecule has 2 amide bonds. The third-order valence-corrected chi connectivity index (χ3v) is 7.01. The highest BCUT2D eigenvalue weighted by atomic mass is 16.2. The van der Waals surface area contributed by atoms with E-state index in [1.54, 1.807) is 6.20 Å². The third kappa shape index (κ3) is 4.72. The molecule has 5 rings (SSSR count). The first-order chi connectivity index (χ1) is 16.8. The highest BCUT2D eigenvalue weighted by molar-refractivity contribution is 5.99. The van der Waals surface area contributed by atoms with E-state index in [0.717, 1.165) is 59.0 Å². The highest BCUT2D eigenvalue weighted by Crippen LogP contribution is 2.36. The van der Waals surface area contributed by atoms with Crippen molar-refractivity contribution < 1.29 is 9.59 Å². The Balaban J connectivity index is 1.50. The number of anilines is 1. The van der Waals surface area contributed by atoms with Gasteiger partial charge in [-0.3, -0.25) is 9.59 Å². The van der Waals surface area contributed by atoms with E-state index in [1.165, 1.54) is 0 Å². The standard InChI is InChI=1S/C28H33N5O2/c1-16(2)30-28(35)25-12-6-18(4)33(25)26-23-11-8-19(13-21(23)15-29-32-26)24-14-20(7-5-17(24)3)27(34)31-22-9-10-22/h5,7-8,11,13-16,18,22,25H,6,9-10,12H2,1-4H3,(H,30,35)(H,31,34)/t18-,25-/m1/s1. The van der Waals surface area contributed by atoms with Crippen molar-refractivity contribution in [3.8, 4) is 11.1 Å². The van der Waals surface area contributed by atoms with Crippen molar-refractivity contribution in [3.63, 3.8) is 0 Å². The van der Waals surface area contributed by atoms with Crippen LogP contribution in [0.5, 0.6) is 0 Å². The molecule has 7 heteroatoms. The molecule has 1 saturated heterocycles. The number of nitrogens with zero attached hydrogens (tertiary/aromatic N) is 3. The summed E-state index contributed by atoms with van der Waals surface area (Å²) in [6, 6.07) is 12.4. The second-order valence-corrected chi connectivity index (χ2v) is 10.3. The molecule has 0 radical (unpaired) electrons. The number of rotatable bonds is 6. The molecule has 3 aromatic rings. The molecule has 1 aromatic heterocycles. The van der Waals surface area contributed by atoms with E-state index in [0.29, 0.717) is 11.6 Å². The fourth-order valence-electron chi connectivity index (χ4n) is 4.98. The first kappa shape index (κ1) is 23.3. The van der Waals surface area contributed by atoms with Gasteiger partial charge in [0, 0.05) is 34.5 Å². The molecule has 2 aromatic carbocycles. The average molecular weight is 472 g/mol. The maximum atomic E-state index is 12.9. The van der Waals surface area contributed by atoms with Crippen molar-refractivity contribution in [2.45, 2.75) is 77.5 Å². The minimum Gasteiger partial charge on any atom is -0.352 e. The number of aromatic nitrogens is 2. The Labute approximate surface area is 206 Å². The van der Waals surface area contributed by atoms with Gasteiger partial charge in [0.25, 0.3) is 5.91 Å². The monoisotopic (exact) mass is 471 g/mol. The number of hydrogen-bond donors (Lipinski definition) is 2. The molecule has 182 valence electrons. The van der Waals surface area contributed by atoms with Gasteiger partial charge in [-0.05, 0) is 94.3 Å². The fraction of sp³-hybridized carbons (Fsp3) is 0.429. The predicted molar refractivity (Wildman–Crippen MR) is 138 cm³/mol. The SMILES string of the molecule is Cc1ccc(C(=O)NC2CC2)cc1-c1ccc2c(N3[C@H](C)CC[C@@H]3C(=O)NC(C)C)nncc2c1. The van der Waals surface area contributed by atoms with Crippen LogP contribution in [-0.2, 0) is 4.79 Å². The minimum atomic E-state index is -0.254. The summed E-state index contributed by atoms with van der Waals surface area (Å²) >= 11 is 0. The zero-order chi connectivity index (χ0) is 24.7. The van der Waals surface area contributed by atoms with E-state index in [-0.39, 0.29) is 29.9 Å². The van der Waals surface area contributed by atoms with Gasteiger partial charge < -0.3 is 15.5 Å². The first-order valence-electron chi connectivity index (χ1n) is 12.6. The molecule has 1 aliphatic heterocycles. The lowest BCUT2D eigenvalue weighted by Gasteiger charge is -2.30. The van der Waals surface area contributed by atoms with E-state index in [4.69, 9.17) is 0 Å². The molecule has 2 aliphatic rings. The van der Waals surface area contributed by atoms with Gasteiger partial charge in [-0.2, -0.15) is 5.10 Å². The zero-order valence-electron chi connectivity index (χ0n) is 20.8. The van der Waals surface area contributed by atoms with Gasteiger partial charge in [0.1, 0.15) is 6.04 Å². The van der Waals surface area contributed by atoms with Crippen LogP contribution in [-0.4, -0.2) is 46.2 Å². The van der Waals surface area contributed by atoms with Gasteiger partial charge >= 0.3 is 0 Å². The maximum Gasteiger partial charge on any atom is 0.251 e. The summed E-state index contributed by atoms with van der Waals surface area (Å²) in [6.07, 6.45) is 5.62. The van der Waals surface area contributed by atoms with Gasteiger partial charge in [0.2, 0.25) is 5.91 Å². The topological polar surface area (TPSA) is 87.2 Å². The molecule has 2 heterocycles. The summed E-state index contributed by atoms with van der Waals surface area (Å²) in [4.78, 5) is 27.7. The van der Waals surface area contributed by atoms with E-state index in [9.17, 15) is 9.59 Å². The normalized spacial score (nSPS) is 19.9. The van der Waals surface area contributed by atoms with Gasteiger partial charge in [-0.15, -0.1) is 5.10 Å². The molecule has 1 aliphatic carbocycles. The second-order valence-electron chi connectivity index (χ2n) is 10.3.